The van der Waals surface area contributed by atoms with Crippen molar-refractivity contribution in [3.63, 3.8) is 0 Å². The van der Waals surface area contributed by atoms with Gasteiger partial charge < -0.3 is 10.1 Å². The summed E-state index contributed by atoms with van der Waals surface area (Å²) < 4.78 is 31.3. The minimum absolute atomic E-state index is 0.0718. The number of nitrogens with one attached hydrogen (secondary N) is 1. The lowest BCUT2D eigenvalue weighted by atomic mass is 10.1. The van der Waals surface area contributed by atoms with Crippen molar-refractivity contribution in [2.45, 2.75) is 13.8 Å². The Bertz CT molecular complexity index is 849. The van der Waals surface area contributed by atoms with Crippen LogP contribution >= 0.6 is 0 Å². The van der Waals surface area contributed by atoms with E-state index < -0.39 is 30.0 Å². The molecule has 5 nitrogen and oxygen atoms in total. The Labute approximate surface area is 142 Å². The van der Waals surface area contributed by atoms with Gasteiger partial charge in [-0.1, -0.05) is 12.1 Å². The van der Waals surface area contributed by atoms with Crippen molar-refractivity contribution >= 4 is 23.3 Å². The minimum Gasteiger partial charge on any atom is -0.454 e. The maximum absolute atomic E-state index is 13.6. The maximum Gasteiger partial charge on any atom is 0.340 e. The Hall–Kier alpha value is -3.09. The number of carbonyl (C=O) groups excluding carboxylic acids is 3. The molecule has 7 heteroatoms. The zero-order chi connectivity index (χ0) is 18.6. The summed E-state index contributed by atoms with van der Waals surface area (Å²) >= 11 is 0. The number of amides is 1. The van der Waals surface area contributed by atoms with Gasteiger partial charge in [-0.2, -0.15) is 0 Å². The molecule has 0 radical (unpaired) electrons. The summed E-state index contributed by atoms with van der Waals surface area (Å²) in [6.07, 6.45) is 0. The Morgan fingerprint density at radius 3 is 2.44 bits per heavy atom. The van der Waals surface area contributed by atoms with Gasteiger partial charge in [0.2, 0.25) is 11.7 Å². The Morgan fingerprint density at radius 1 is 1.08 bits per heavy atom. The summed E-state index contributed by atoms with van der Waals surface area (Å²) in [5.74, 6) is -3.86. The summed E-state index contributed by atoms with van der Waals surface area (Å²) in [4.78, 5) is 35.4. The van der Waals surface area contributed by atoms with Crippen LogP contribution in [0.1, 0.15) is 33.2 Å². The molecule has 0 heterocycles. The molecule has 25 heavy (non-hydrogen) atoms. The van der Waals surface area contributed by atoms with Crippen molar-refractivity contribution in [3.05, 3.63) is 64.7 Å². The van der Waals surface area contributed by atoms with Crippen molar-refractivity contribution in [1.82, 2.24) is 0 Å². The summed E-state index contributed by atoms with van der Waals surface area (Å²) in [7, 11) is 0. The van der Waals surface area contributed by atoms with Gasteiger partial charge in [0.15, 0.2) is 6.61 Å². The highest BCUT2D eigenvalue weighted by atomic mass is 19.1. The van der Waals surface area contributed by atoms with E-state index in [-0.39, 0.29) is 22.7 Å². The first-order valence-corrected chi connectivity index (χ1v) is 7.32. The van der Waals surface area contributed by atoms with Crippen LogP contribution in [0.2, 0.25) is 0 Å². The molecule has 130 valence electrons. The number of ether oxygens (including phenoxy) is 1. The number of rotatable bonds is 5. The number of benzene rings is 2. The van der Waals surface area contributed by atoms with Crippen LogP contribution in [0.4, 0.5) is 14.5 Å². The van der Waals surface area contributed by atoms with Crippen LogP contribution in [-0.2, 0) is 9.53 Å². The second kappa shape index (κ2) is 7.65. The van der Waals surface area contributed by atoms with E-state index >= 15 is 0 Å². The van der Waals surface area contributed by atoms with Gasteiger partial charge in [-0.3, -0.25) is 9.59 Å². The molecule has 2 aromatic carbocycles. The highest BCUT2D eigenvalue weighted by Gasteiger charge is 2.19. The Balaban J connectivity index is 2.14. The topological polar surface area (TPSA) is 72.5 Å². The van der Waals surface area contributed by atoms with E-state index in [0.717, 1.165) is 12.1 Å². The molecule has 1 amide bonds. The molecule has 0 aliphatic carbocycles. The normalized spacial score (nSPS) is 10.2. The van der Waals surface area contributed by atoms with Crippen molar-refractivity contribution in [2.24, 2.45) is 0 Å². The van der Waals surface area contributed by atoms with Crippen LogP contribution in [0.5, 0.6) is 0 Å². The van der Waals surface area contributed by atoms with Gasteiger partial charge in [0.1, 0.15) is 11.6 Å². The molecule has 0 aliphatic heterocycles. The summed E-state index contributed by atoms with van der Waals surface area (Å²) in [5, 5.41) is 2.53. The third-order valence-corrected chi connectivity index (χ3v) is 3.36. The number of aryl methyl sites for hydroxylation is 1. The molecule has 0 atom stereocenters. The predicted octanol–water partition coefficient (Wildman–Crippen LogP) is 3.27. The monoisotopic (exact) mass is 347 g/mol. The molecule has 0 aliphatic rings. The first-order valence-electron chi connectivity index (χ1n) is 7.32. The number of halogens is 2. The van der Waals surface area contributed by atoms with Gasteiger partial charge in [0.05, 0.1) is 16.8 Å². The molecule has 0 fully saturated rings. The molecule has 1 N–H and O–H groups in total. The molecular formula is C18H15F2NO4. The number of para-hydroxylation sites is 1. The maximum atomic E-state index is 13.6. The standard InChI is InChI=1S/C18H15F2NO4/c1-10-4-3-5-14(17(10)21-11(2)22)18(24)25-9-16(23)13-7-6-12(19)8-15(13)20/h3-8H,9H2,1-2H3,(H,21,22). The van der Waals surface area contributed by atoms with Crippen molar-refractivity contribution < 1.29 is 27.9 Å². The number of ketones is 1. The van der Waals surface area contributed by atoms with E-state index in [2.05, 4.69) is 5.32 Å². The Morgan fingerprint density at radius 2 is 1.80 bits per heavy atom. The third kappa shape index (κ3) is 4.47. The first-order chi connectivity index (χ1) is 11.8. The van der Waals surface area contributed by atoms with E-state index in [1.54, 1.807) is 19.1 Å². The zero-order valence-corrected chi connectivity index (χ0v) is 13.6. The van der Waals surface area contributed by atoms with E-state index in [1.807, 2.05) is 0 Å². The van der Waals surface area contributed by atoms with Gasteiger partial charge in [-0.15, -0.1) is 0 Å². The molecule has 2 aromatic rings. The molecule has 0 saturated heterocycles. The lowest BCUT2D eigenvalue weighted by Crippen LogP contribution is -2.18. The number of carbonyl (C=O) groups is 3. The van der Waals surface area contributed by atoms with Crippen LogP contribution in [0.3, 0.4) is 0 Å². The van der Waals surface area contributed by atoms with Gasteiger partial charge in [0, 0.05) is 13.0 Å². The molecule has 0 spiro atoms. The van der Waals surface area contributed by atoms with Crippen LogP contribution in [-0.4, -0.2) is 24.3 Å². The second-order valence-corrected chi connectivity index (χ2v) is 5.30. The Kier molecular flexibility index (Phi) is 5.59. The number of Topliss-reactive ketones (excluding diaryl/α,β-unsaturated/α-hetero) is 1. The van der Waals surface area contributed by atoms with E-state index in [1.165, 1.54) is 13.0 Å². The van der Waals surface area contributed by atoms with Gasteiger partial charge >= 0.3 is 5.97 Å². The highest BCUT2D eigenvalue weighted by molar-refractivity contribution is 6.03. The molecule has 2 rings (SSSR count). The van der Waals surface area contributed by atoms with E-state index in [4.69, 9.17) is 4.74 Å². The average molecular weight is 347 g/mol. The lowest BCUT2D eigenvalue weighted by molar-refractivity contribution is -0.114. The van der Waals surface area contributed by atoms with Gasteiger partial charge in [-0.05, 0) is 30.7 Å². The highest BCUT2D eigenvalue weighted by Crippen LogP contribution is 2.21. The van der Waals surface area contributed by atoms with Gasteiger partial charge in [0.25, 0.3) is 0 Å². The lowest BCUT2D eigenvalue weighted by Gasteiger charge is -2.12. The quantitative estimate of drug-likeness (QED) is 0.665. The van der Waals surface area contributed by atoms with Crippen LogP contribution in [0.25, 0.3) is 0 Å². The number of hydrogen-bond donors (Lipinski definition) is 1. The predicted molar refractivity (Wildman–Crippen MR) is 86.5 cm³/mol. The largest absolute Gasteiger partial charge is 0.454 e. The molecule has 0 unspecified atom stereocenters. The number of esters is 1. The second-order valence-electron chi connectivity index (χ2n) is 5.30. The molecule has 0 bridgehead atoms. The third-order valence-electron chi connectivity index (χ3n) is 3.36. The van der Waals surface area contributed by atoms with Crippen LogP contribution < -0.4 is 5.32 Å². The smallest absolute Gasteiger partial charge is 0.340 e. The first kappa shape index (κ1) is 18.3. The van der Waals surface area contributed by atoms with Crippen LogP contribution in [0.15, 0.2) is 36.4 Å². The fourth-order valence-electron chi connectivity index (χ4n) is 2.18. The van der Waals surface area contributed by atoms with E-state index in [9.17, 15) is 23.2 Å². The van der Waals surface area contributed by atoms with Crippen LogP contribution in [0, 0.1) is 18.6 Å². The molecule has 0 aromatic heterocycles. The summed E-state index contributed by atoms with van der Waals surface area (Å²) in [6.45, 7) is 2.28. The fraction of sp³-hybridized carbons (Fsp3) is 0.167. The van der Waals surface area contributed by atoms with Crippen molar-refractivity contribution in [3.8, 4) is 0 Å². The van der Waals surface area contributed by atoms with Crippen molar-refractivity contribution in [1.29, 1.82) is 0 Å². The van der Waals surface area contributed by atoms with Gasteiger partial charge in [-0.25, -0.2) is 13.6 Å². The van der Waals surface area contributed by atoms with Crippen molar-refractivity contribution in [2.75, 3.05) is 11.9 Å². The zero-order valence-electron chi connectivity index (χ0n) is 13.6. The SMILES string of the molecule is CC(=O)Nc1c(C)cccc1C(=O)OCC(=O)c1ccc(F)cc1F. The summed E-state index contributed by atoms with van der Waals surface area (Å²) in [6, 6.07) is 7.22. The molecule has 0 saturated carbocycles. The fourth-order valence-corrected chi connectivity index (χ4v) is 2.18. The number of anilines is 1. The average Bonchev–Trinajstić information content (AvgIpc) is 2.53. The number of hydrogen-bond acceptors (Lipinski definition) is 4. The minimum atomic E-state index is -1.03. The molecular weight excluding hydrogens is 332 g/mol. The summed E-state index contributed by atoms with van der Waals surface area (Å²) in [5.41, 5.74) is 0.615. The van der Waals surface area contributed by atoms with E-state index in [0.29, 0.717) is 11.6 Å².